The molecule has 1 aromatic heterocycles. The summed E-state index contributed by atoms with van der Waals surface area (Å²) in [6.07, 6.45) is 4.73. The van der Waals surface area contributed by atoms with E-state index in [0.717, 1.165) is 6.42 Å². The van der Waals surface area contributed by atoms with Crippen LogP contribution in [0.25, 0.3) is 0 Å². The molecule has 3 fully saturated rings. The number of fused-ring (bicyclic) bond motifs is 2. The highest BCUT2D eigenvalue weighted by atomic mass is 32.2. The second-order valence-corrected chi connectivity index (χ2v) is 15.6. The Hall–Kier alpha value is -3.88. The maximum atomic E-state index is 14.1. The van der Waals surface area contributed by atoms with Gasteiger partial charge in [0, 0.05) is 24.5 Å². The molecule has 2 saturated carbocycles. The van der Waals surface area contributed by atoms with Crippen molar-refractivity contribution in [3.63, 3.8) is 0 Å². The minimum Gasteiger partial charge on any atom is -0.481 e. The van der Waals surface area contributed by atoms with Crippen molar-refractivity contribution < 1.29 is 42.2 Å². The molecule has 3 heterocycles. The van der Waals surface area contributed by atoms with Crippen LogP contribution in [0.2, 0.25) is 0 Å². The summed E-state index contributed by atoms with van der Waals surface area (Å²) >= 11 is 0. The molecule has 4 N–H and O–H groups in total. The maximum absolute atomic E-state index is 14.1. The van der Waals surface area contributed by atoms with E-state index in [0.29, 0.717) is 31.6 Å². The Balaban J connectivity index is 1.47. The lowest BCUT2D eigenvalue weighted by atomic mass is 9.88. The van der Waals surface area contributed by atoms with Crippen LogP contribution in [0.1, 0.15) is 65.7 Å². The van der Waals surface area contributed by atoms with Gasteiger partial charge in [0.05, 0.1) is 18.4 Å². The molecule has 0 spiro atoms. The smallest absolute Gasteiger partial charge is 0.405 e. The van der Waals surface area contributed by atoms with Crippen molar-refractivity contribution in [1.82, 2.24) is 25.2 Å². The molecule has 1 aromatic rings. The zero-order valence-electron chi connectivity index (χ0n) is 26.5. The number of nitrogens with one attached hydrogen (secondary N) is 3. The van der Waals surface area contributed by atoms with E-state index in [-0.39, 0.29) is 31.2 Å². The van der Waals surface area contributed by atoms with Gasteiger partial charge in [0.2, 0.25) is 33.6 Å². The van der Waals surface area contributed by atoms with Gasteiger partial charge in [0.15, 0.2) is 0 Å². The quantitative estimate of drug-likeness (QED) is 0.314. The number of methoxy groups -OCH3 is 1. The first kappa shape index (κ1) is 33.5. The molecular formula is C31H43N5O9S. The van der Waals surface area contributed by atoms with Crippen LogP contribution in [0.4, 0.5) is 4.79 Å². The van der Waals surface area contributed by atoms with Crippen LogP contribution in [-0.4, -0.2) is 89.4 Å². The average molecular weight is 662 g/mol. The van der Waals surface area contributed by atoms with Gasteiger partial charge in [-0.25, -0.2) is 13.2 Å². The summed E-state index contributed by atoms with van der Waals surface area (Å²) in [5.74, 6) is -2.25. The Morgan fingerprint density at radius 2 is 1.87 bits per heavy atom. The monoisotopic (exact) mass is 661 g/mol. The summed E-state index contributed by atoms with van der Waals surface area (Å²) < 4.78 is 38.4. The molecule has 4 aliphatic rings. The number of hydrogen-bond donors (Lipinski definition) is 4. The molecule has 5 rings (SSSR count). The van der Waals surface area contributed by atoms with E-state index in [1.54, 1.807) is 32.0 Å². The van der Waals surface area contributed by atoms with Gasteiger partial charge in [-0.1, -0.05) is 32.1 Å². The number of rotatable bonds is 7. The zero-order valence-corrected chi connectivity index (χ0v) is 27.3. The first-order valence-electron chi connectivity index (χ1n) is 15.7. The normalized spacial score (nSPS) is 32.5. The highest BCUT2D eigenvalue weighted by molar-refractivity contribution is 7.91. The van der Waals surface area contributed by atoms with E-state index < -0.39 is 74.1 Å². The van der Waals surface area contributed by atoms with Crippen LogP contribution in [0, 0.1) is 17.8 Å². The van der Waals surface area contributed by atoms with Crippen molar-refractivity contribution in [3.8, 4) is 11.8 Å². The Bertz CT molecular complexity index is 1510. The van der Waals surface area contributed by atoms with E-state index in [9.17, 15) is 32.7 Å². The number of hydrogen-bond acceptors (Lipinski definition) is 9. The van der Waals surface area contributed by atoms with Crippen LogP contribution >= 0.6 is 0 Å². The van der Waals surface area contributed by atoms with Crippen molar-refractivity contribution in [3.05, 3.63) is 30.4 Å². The largest absolute Gasteiger partial charge is 0.481 e. The number of carbonyl (C=O) groups excluding carboxylic acids is 3. The number of aromatic nitrogens is 1. The molecule has 0 unspecified atom stereocenters. The first-order valence-corrected chi connectivity index (χ1v) is 17.2. The van der Waals surface area contributed by atoms with Crippen molar-refractivity contribution in [1.29, 1.82) is 0 Å². The topological polar surface area (TPSA) is 193 Å². The number of sulfonamides is 1. The summed E-state index contributed by atoms with van der Waals surface area (Å²) in [5, 5.41) is 14.8. The number of nitrogens with zero attached hydrogens (tertiary/aromatic N) is 2. The van der Waals surface area contributed by atoms with E-state index in [1.165, 1.54) is 12.0 Å². The third-order valence-electron chi connectivity index (χ3n) is 9.72. The molecule has 7 atom stereocenters. The first-order chi connectivity index (χ1) is 21.7. The SMILES string of the molecule is COc1cccc(O[C@@H]2C[C@H]3C(=O)N[C@]4(C(=O)NS(=O)(=O)C5(C)CC5)C[C@H]4C=CCC[C@@H](C)C[C@@H](C)[C@H](NC(=O)O)C(=O)N3C2)n1. The lowest BCUT2D eigenvalue weighted by Crippen LogP contribution is -2.59. The predicted octanol–water partition coefficient (Wildman–Crippen LogP) is 1.96. The van der Waals surface area contributed by atoms with Crippen LogP contribution < -0.4 is 24.8 Å². The zero-order chi connectivity index (χ0) is 33.4. The fourth-order valence-electron chi connectivity index (χ4n) is 6.48. The highest BCUT2D eigenvalue weighted by Gasteiger charge is 2.63. The Labute approximate surface area is 268 Å². The molecule has 0 aromatic carbocycles. The van der Waals surface area contributed by atoms with Crippen LogP contribution in [0.15, 0.2) is 30.4 Å². The van der Waals surface area contributed by atoms with Gasteiger partial charge >= 0.3 is 6.09 Å². The van der Waals surface area contributed by atoms with Crippen molar-refractivity contribution >= 4 is 33.8 Å². The summed E-state index contributed by atoms with van der Waals surface area (Å²) in [7, 11) is -2.52. The molecular weight excluding hydrogens is 618 g/mol. The predicted molar refractivity (Wildman–Crippen MR) is 165 cm³/mol. The third-order valence-corrected chi connectivity index (χ3v) is 11.9. The number of carboxylic acid groups (broad SMARTS) is 1. The van der Waals surface area contributed by atoms with Gasteiger partial charge in [-0.2, -0.15) is 4.98 Å². The number of amides is 4. The molecule has 2 aliphatic carbocycles. The number of allylic oxidation sites excluding steroid dienone is 1. The van der Waals surface area contributed by atoms with Crippen molar-refractivity contribution in [2.75, 3.05) is 13.7 Å². The summed E-state index contributed by atoms with van der Waals surface area (Å²) in [6, 6.07) is 2.66. The fraction of sp³-hybridized carbons (Fsp3) is 0.645. The van der Waals surface area contributed by atoms with Crippen LogP contribution in [-0.2, 0) is 24.4 Å². The molecule has 4 amide bonds. The number of pyridine rings is 1. The molecule has 252 valence electrons. The van der Waals surface area contributed by atoms with Crippen LogP contribution in [0.3, 0.4) is 0 Å². The summed E-state index contributed by atoms with van der Waals surface area (Å²) in [6.45, 7) is 5.35. The minimum atomic E-state index is -3.98. The number of carbonyl (C=O) groups is 4. The molecule has 14 nitrogen and oxygen atoms in total. The highest BCUT2D eigenvalue weighted by Crippen LogP contribution is 2.47. The second-order valence-electron chi connectivity index (χ2n) is 13.4. The maximum Gasteiger partial charge on any atom is 0.405 e. The minimum absolute atomic E-state index is 0.0234. The van der Waals surface area contributed by atoms with E-state index in [4.69, 9.17) is 9.47 Å². The van der Waals surface area contributed by atoms with Gasteiger partial charge in [0.1, 0.15) is 23.7 Å². The standard InChI is InChI=1S/C31H43N5O9S/c1-18-8-5-6-9-20-16-31(20,28(39)35-46(42,43)30(3)12-13-30)34-26(37)22-15-21(45-24-11-7-10-23(32-24)44-4)17-36(22)27(38)25(19(2)14-18)33-29(40)41/h6-7,9-11,18-22,25,33H,5,8,12-17H2,1-4H3,(H,34,37)(H,35,39)(H,40,41)/t18-,19-,20-,21-,22+,25+,31-/m1/s1. The molecule has 15 heteroatoms. The molecule has 0 bridgehead atoms. The summed E-state index contributed by atoms with van der Waals surface area (Å²) in [4.78, 5) is 59.2. The van der Waals surface area contributed by atoms with Gasteiger partial charge in [-0.05, 0) is 57.3 Å². The molecule has 46 heavy (non-hydrogen) atoms. The lowest BCUT2D eigenvalue weighted by molar-refractivity contribution is -0.142. The second kappa shape index (κ2) is 12.7. The van der Waals surface area contributed by atoms with Crippen molar-refractivity contribution in [2.24, 2.45) is 17.8 Å². The third kappa shape index (κ3) is 6.93. The Kier molecular flexibility index (Phi) is 9.26. The van der Waals surface area contributed by atoms with Gasteiger partial charge in [-0.3, -0.25) is 19.1 Å². The van der Waals surface area contributed by atoms with E-state index in [1.807, 2.05) is 19.1 Å². The van der Waals surface area contributed by atoms with E-state index in [2.05, 4.69) is 20.3 Å². The molecule has 2 aliphatic heterocycles. The molecule has 0 radical (unpaired) electrons. The van der Waals surface area contributed by atoms with Crippen molar-refractivity contribution in [2.45, 2.75) is 94.2 Å². The van der Waals surface area contributed by atoms with Gasteiger partial charge in [0.25, 0.3) is 5.91 Å². The number of ether oxygens (including phenoxy) is 2. The van der Waals surface area contributed by atoms with Gasteiger partial charge < -0.3 is 30.1 Å². The van der Waals surface area contributed by atoms with E-state index >= 15 is 0 Å². The molecule has 1 saturated heterocycles. The Morgan fingerprint density at radius 1 is 1.15 bits per heavy atom. The fourth-order valence-corrected chi connectivity index (χ4v) is 7.79. The Morgan fingerprint density at radius 3 is 2.54 bits per heavy atom. The summed E-state index contributed by atoms with van der Waals surface area (Å²) in [5.41, 5.74) is -1.52. The van der Waals surface area contributed by atoms with Gasteiger partial charge in [-0.15, -0.1) is 0 Å². The lowest BCUT2D eigenvalue weighted by Gasteiger charge is -2.32. The van der Waals surface area contributed by atoms with Crippen LogP contribution in [0.5, 0.6) is 11.8 Å². The average Bonchev–Trinajstić information content (AvgIpc) is 3.87.